The van der Waals surface area contributed by atoms with Crippen molar-refractivity contribution >= 4 is 49.9 Å². The number of hydrogen-bond acceptors (Lipinski definition) is 7. The number of carbonyl (C=O) groups excluding carboxylic acids is 1. The molecule has 0 aliphatic carbocycles. The SMILES string of the molecule is CCOC(=O)CNc1c(-c2cccc(OS(=O)(=O)c3cccc4ccccc34)c2)nc2ccc(Cl)cn12. The summed E-state index contributed by atoms with van der Waals surface area (Å²) in [4.78, 5) is 16.7. The third kappa shape index (κ3) is 5.09. The molecule has 2 aromatic heterocycles. The molecule has 0 saturated carbocycles. The molecule has 0 aliphatic heterocycles. The largest absolute Gasteiger partial charge is 0.465 e. The summed E-state index contributed by atoms with van der Waals surface area (Å²) < 4.78 is 38.7. The van der Waals surface area contributed by atoms with Crippen LogP contribution in [0.3, 0.4) is 0 Å². The number of anilines is 1. The van der Waals surface area contributed by atoms with E-state index < -0.39 is 16.1 Å². The van der Waals surface area contributed by atoms with Crippen LogP contribution in [0.4, 0.5) is 5.82 Å². The second-order valence-electron chi connectivity index (χ2n) is 8.09. The number of aromatic nitrogens is 2. The van der Waals surface area contributed by atoms with E-state index in [9.17, 15) is 13.2 Å². The van der Waals surface area contributed by atoms with E-state index in [1.165, 1.54) is 6.07 Å². The number of fused-ring (bicyclic) bond motifs is 2. The molecule has 0 atom stereocenters. The molecule has 3 aromatic carbocycles. The number of pyridine rings is 1. The van der Waals surface area contributed by atoms with Gasteiger partial charge in [-0.1, -0.05) is 60.1 Å². The van der Waals surface area contributed by atoms with Gasteiger partial charge in [-0.3, -0.25) is 9.20 Å². The lowest BCUT2D eigenvalue weighted by molar-refractivity contribution is -0.140. The van der Waals surface area contributed by atoms with Crippen molar-refractivity contribution in [3.63, 3.8) is 0 Å². The lowest BCUT2D eigenvalue weighted by Crippen LogP contribution is -2.17. The number of imidazole rings is 1. The number of rotatable bonds is 8. The minimum Gasteiger partial charge on any atom is -0.465 e. The van der Waals surface area contributed by atoms with Crippen LogP contribution in [-0.4, -0.2) is 36.9 Å². The summed E-state index contributed by atoms with van der Waals surface area (Å²) in [6, 6.07) is 22.3. The standard InChI is InChI=1S/C27H22ClN3O5S/c1-2-35-25(32)16-29-27-26(30-24-14-13-20(28)17-31(24)27)19-9-5-10-21(15-19)36-37(33,34)23-12-6-8-18-7-3-4-11-22(18)23/h3-15,17,29H,2,16H2,1H3. The zero-order valence-electron chi connectivity index (χ0n) is 19.7. The van der Waals surface area contributed by atoms with E-state index in [0.29, 0.717) is 33.1 Å². The highest BCUT2D eigenvalue weighted by Crippen LogP contribution is 2.33. The van der Waals surface area contributed by atoms with Gasteiger partial charge in [-0.15, -0.1) is 0 Å². The fourth-order valence-electron chi connectivity index (χ4n) is 4.04. The predicted molar refractivity (Wildman–Crippen MR) is 143 cm³/mol. The van der Waals surface area contributed by atoms with Crippen LogP contribution in [0.5, 0.6) is 5.75 Å². The molecular formula is C27H22ClN3O5S. The summed E-state index contributed by atoms with van der Waals surface area (Å²) in [6.45, 7) is 1.90. The van der Waals surface area contributed by atoms with Crippen LogP contribution in [0.1, 0.15) is 6.92 Å². The summed E-state index contributed by atoms with van der Waals surface area (Å²) in [5, 5.41) is 4.92. The van der Waals surface area contributed by atoms with Crippen molar-refractivity contribution in [3.05, 3.63) is 90.1 Å². The number of nitrogens with one attached hydrogen (secondary N) is 1. The van der Waals surface area contributed by atoms with E-state index >= 15 is 0 Å². The van der Waals surface area contributed by atoms with E-state index in [-0.39, 0.29) is 23.8 Å². The first-order chi connectivity index (χ1) is 17.9. The summed E-state index contributed by atoms with van der Waals surface area (Å²) >= 11 is 6.20. The van der Waals surface area contributed by atoms with Crippen LogP contribution in [0.25, 0.3) is 27.7 Å². The zero-order valence-corrected chi connectivity index (χ0v) is 21.3. The Hall–Kier alpha value is -4.08. The van der Waals surface area contributed by atoms with Crippen molar-refractivity contribution in [3.8, 4) is 17.0 Å². The van der Waals surface area contributed by atoms with Gasteiger partial charge < -0.3 is 14.2 Å². The molecule has 10 heteroatoms. The predicted octanol–water partition coefficient (Wildman–Crippen LogP) is 5.55. The molecule has 0 radical (unpaired) electrons. The first kappa shape index (κ1) is 24.6. The fraction of sp³-hybridized carbons (Fsp3) is 0.111. The third-order valence-corrected chi connectivity index (χ3v) is 7.15. The molecular weight excluding hydrogens is 514 g/mol. The molecule has 0 spiro atoms. The smallest absolute Gasteiger partial charge is 0.339 e. The van der Waals surface area contributed by atoms with Crippen molar-refractivity contribution in [1.29, 1.82) is 0 Å². The number of nitrogens with zero attached hydrogens (tertiary/aromatic N) is 2. The van der Waals surface area contributed by atoms with Gasteiger partial charge in [0.05, 0.1) is 11.6 Å². The highest BCUT2D eigenvalue weighted by molar-refractivity contribution is 7.87. The first-order valence-corrected chi connectivity index (χ1v) is 13.2. The number of esters is 1. The number of ether oxygens (including phenoxy) is 1. The maximum atomic E-state index is 13.2. The van der Waals surface area contributed by atoms with Crippen molar-refractivity contribution in [2.45, 2.75) is 11.8 Å². The number of halogens is 1. The Morgan fingerprint density at radius 1 is 1.03 bits per heavy atom. The molecule has 0 aliphatic rings. The van der Waals surface area contributed by atoms with E-state index in [1.807, 2.05) is 18.2 Å². The molecule has 1 N–H and O–H groups in total. The molecule has 0 amide bonds. The highest BCUT2D eigenvalue weighted by Gasteiger charge is 2.21. The van der Waals surface area contributed by atoms with E-state index in [1.54, 1.807) is 72.1 Å². The Bertz CT molecular complexity index is 1730. The molecule has 188 valence electrons. The highest BCUT2D eigenvalue weighted by atomic mass is 35.5. The van der Waals surface area contributed by atoms with Gasteiger partial charge in [-0.25, -0.2) is 4.98 Å². The van der Waals surface area contributed by atoms with Gasteiger partial charge in [-0.05, 0) is 42.6 Å². The third-order valence-electron chi connectivity index (χ3n) is 5.62. The van der Waals surface area contributed by atoms with Gasteiger partial charge >= 0.3 is 16.1 Å². The minimum absolute atomic E-state index is 0.0789. The van der Waals surface area contributed by atoms with E-state index in [2.05, 4.69) is 10.3 Å². The lowest BCUT2D eigenvalue weighted by Gasteiger charge is -2.11. The molecule has 2 heterocycles. The molecule has 37 heavy (non-hydrogen) atoms. The summed E-state index contributed by atoms with van der Waals surface area (Å²) in [7, 11) is -4.13. The van der Waals surface area contributed by atoms with Crippen molar-refractivity contribution < 1.29 is 22.1 Å². The van der Waals surface area contributed by atoms with Gasteiger partial charge in [0.15, 0.2) is 0 Å². The summed E-state index contributed by atoms with van der Waals surface area (Å²) in [6.07, 6.45) is 1.67. The van der Waals surface area contributed by atoms with E-state index in [0.717, 1.165) is 5.39 Å². The first-order valence-electron chi connectivity index (χ1n) is 11.5. The average Bonchev–Trinajstić information content (AvgIpc) is 3.25. The van der Waals surface area contributed by atoms with Crippen LogP contribution in [0, 0.1) is 0 Å². The Morgan fingerprint density at radius 2 is 1.81 bits per heavy atom. The second kappa shape index (κ2) is 10.1. The Balaban J connectivity index is 1.52. The Labute approximate surface area is 218 Å². The maximum absolute atomic E-state index is 13.2. The zero-order chi connectivity index (χ0) is 26.0. The number of benzene rings is 3. The second-order valence-corrected chi connectivity index (χ2v) is 10.0. The normalized spacial score (nSPS) is 11.5. The molecule has 5 aromatic rings. The van der Waals surface area contributed by atoms with Gasteiger partial charge in [0, 0.05) is 17.1 Å². The average molecular weight is 536 g/mol. The van der Waals surface area contributed by atoms with Crippen LogP contribution >= 0.6 is 11.6 Å². The van der Waals surface area contributed by atoms with Gasteiger partial charge in [0.25, 0.3) is 0 Å². The van der Waals surface area contributed by atoms with Crippen LogP contribution in [0.15, 0.2) is 90.0 Å². The number of hydrogen-bond donors (Lipinski definition) is 1. The number of carbonyl (C=O) groups is 1. The molecule has 8 nitrogen and oxygen atoms in total. The van der Waals surface area contributed by atoms with Crippen molar-refractivity contribution in [2.75, 3.05) is 18.5 Å². The summed E-state index contributed by atoms with van der Waals surface area (Å²) in [5.74, 6) is 0.195. The Morgan fingerprint density at radius 3 is 2.65 bits per heavy atom. The van der Waals surface area contributed by atoms with Crippen LogP contribution in [0.2, 0.25) is 5.02 Å². The maximum Gasteiger partial charge on any atom is 0.339 e. The lowest BCUT2D eigenvalue weighted by atomic mass is 10.1. The Kier molecular flexibility index (Phi) is 6.73. The molecule has 0 fully saturated rings. The van der Waals surface area contributed by atoms with Gasteiger partial charge in [-0.2, -0.15) is 8.42 Å². The fourth-order valence-corrected chi connectivity index (χ4v) is 5.35. The van der Waals surface area contributed by atoms with Crippen LogP contribution in [-0.2, 0) is 19.6 Å². The molecule has 0 saturated heterocycles. The quantitative estimate of drug-likeness (QED) is 0.205. The summed E-state index contributed by atoms with van der Waals surface area (Å²) in [5.41, 5.74) is 1.65. The molecule has 5 rings (SSSR count). The van der Waals surface area contributed by atoms with E-state index in [4.69, 9.17) is 20.5 Å². The molecule has 0 unspecified atom stereocenters. The van der Waals surface area contributed by atoms with Gasteiger partial charge in [0.1, 0.15) is 34.3 Å². The van der Waals surface area contributed by atoms with Crippen LogP contribution < -0.4 is 9.50 Å². The minimum atomic E-state index is -4.13. The van der Waals surface area contributed by atoms with Crippen molar-refractivity contribution in [2.24, 2.45) is 0 Å². The molecule has 0 bridgehead atoms. The van der Waals surface area contributed by atoms with Crippen molar-refractivity contribution in [1.82, 2.24) is 9.38 Å². The monoisotopic (exact) mass is 535 g/mol. The topological polar surface area (TPSA) is 99.0 Å². The van der Waals surface area contributed by atoms with Gasteiger partial charge in [0.2, 0.25) is 0 Å².